The first-order valence-corrected chi connectivity index (χ1v) is 10.8. The van der Waals surface area contributed by atoms with Crippen LogP contribution in [0.4, 0.5) is 11.9 Å². The molecule has 4 aromatic rings. The van der Waals surface area contributed by atoms with Crippen molar-refractivity contribution in [3.8, 4) is 17.1 Å². The summed E-state index contributed by atoms with van der Waals surface area (Å²) in [4.78, 5) is 14.8. The van der Waals surface area contributed by atoms with Crippen LogP contribution in [0.5, 0.6) is 5.75 Å². The fourth-order valence-electron chi connectivity index (χ4n) is 3.04. The Kier molecular flexibility index (Phi) is 6.26. The number of nitrogens with two attached hydrogens (primary N) is 1. The largest absolute Gasteiger partial charge is 0.497 e. The van der Waals surface area contributed by atoms with E-state index < -0.39 is 0 Å². The number of methoxy groups -OCH3 is 1. The van der Waals surface area contributed by atoms with E-state index in [0.717, 1.165) is 17.1 Å². The number of nitrogen functional groups attached to an aromatic ring is 1. The maximum absolute atomic E-state index is 5.90. The highest BCUT2D eigenvalue weighted by molar-refractivity contribution is 7.99. The van der Waals surface area contributed by atoms with Gasteiger partial charge in [0.1, 0.15) is 17.3 Å². The highest BCUT2D eigenvalue weighted by Crippen LogP contribution is 2.35. The zero-order valence-electron chi connectivity index (χ0n) is 18.3. The Morgan fingerprint density at radius 2 is 2.00 bits per heavy atom. The van der Waals surface area contributed by atoms with Crippen LogP contribution in [0.3, 0.4) is 0 Å². The summed E-state index contributed by atoms with van der Waals surface area (Å²) in [5.74, 6) is 3.51. The van der Waals surface area contributed by atoms with E-state index in [9.17, 15) is 0 Å². The van der Waals surface area contributed by atoms with Crippen LogP contribution in [0.1, 0.15) is 23.8 Å². The van der Waals surface area contributed by atoms with Crippen molar-refractivity contribution in [2.24, 2.45) is 0 Å². The number of benzene rings is 1. The molecule has 1 unspecified atom stereocenters. The molecule has 0 aliphatic carbocycles. The third kappa shape index (κ3) is 4.67. The third-order valence-electron chi connectivity index (χ3n) is 4.64. The van der Waals surface area contributed by atoms with Crippen LogP contribution in [0.2, 0.25) is 0 Å². The molecule has 0 fully saturated rings. The lowest BCUT2D eigenvalue weighted by molar-refractivity contribution is 0.415. The number of hydrogen-bond donors (Lipinski definition) is 1. The predicted molar refractivity (Wildman–Crippen MR) is 123 cm³/mol. The zero-order valence-corrected chi connectivity index (χ0v) is 19.1. The maximum atomic E-state index is 5.90. The highest BCUT2D eigenvalue weighted by Gasteiger charge is 2.21. The molecule has 11 heteroatoms. The minimum absolute atomic E-state index is 0.142. The fourth-order valence-corrected chi connectivity index (χ4v) is 3.94. The first kappa shape index (κ1) is 21.6. The van der Waals surface area contributed by atoms with Crippen molar-refractivity contribution >= 4 is 23.7 Å². The minimum Gasteiger partial charge on any atom is -0.497 e. The summed E-state index contributed by atoms with van der Waals surface area (Å²) in [6.07, 6.45) is 1.65. The van der Waals surface area contributed by atoms with E-state index in [0.29, 0.717) is 29.3 Å². The van der Waals surface area contributed by atoms with Gasteiger partial charge >= 0.3 is 0 Å². The maximum Gasteiger partial charge on any atom is 0.229 e. The van der Waals surface area contributed by atoms with Crippen LogP contribution in [-0.4, -0.2) is 50.9 Å². The number of rotatable bonds is 8. The normalized spacial score (nSPS) is 12.0. The van der Waals surface area contributed by atoms with E-state index in [-0.39, 0.29) is 11.2 Å². The molecule has 166 valence electrons. The number of aromatic nitrogens is 6. The summed E-state index contributed by atoms with van der Waals surface area (Å²) in [6.45, 7) is 2.47. The first-order valence-electron chi connectivity index (χ1n) is 9.90. The number of thioether (sulfide) groups is 1. The van der Waals surface area contributed by atoms with Gasteiger partial charge in [-0.25, -0.2) is 0 Å². The van der Waals surface area contributed by atoms with Crippen molar-refractivity contribution in [3.63, 3.8) is 0 Å². The molecular formula is C21H24N8O2S. The summed E-state index contributed by atoms with van der Waals surface area (Å²) in [5, 5.41) is 9.48. The lowest BCUT2D eigenvalue weighted by Crippen LogP contribution is -2.16. The molecule has 0 amide bonds. The van der Waals surface area contributed by atoms with Gasteiger partial charge in [0, 0.05) is 19.7 Å². The lowest BCUT2D eigenvalue weighted by atomic mass is 10.2. The number of ether oxygens (including phenoxy) is 1. The smallest absolute Gasteiger partial charge is 0.229 e. The van der Waals surface area contributed by atoms with Gasteiger partial charge in [-0.05, 0) is 31.2 Å². The lowest BCUT2D eigenvalue weighted by Gasteiger charge is -2.15. The molecule has 0 spiro atoms. The third-order valence-corrected chi connectivity index (χ3v) is 5.72. The van der Waals surface area contributed by atoms with Gasteiger partial charge in [0.2, 0.25) is 11.9 Å². The molecule has 10 nitrogen and oxygen atoms in total. The molecule has 4 rings (SSSR count). The highest BCUT2D eigenvalue weighted by atomic mass is 32.2. The molecule has 1 atom stereocenters. The molecule has 0 aliphatic rings. The zero-order chi connectivity index (χ0) is 22.7. The molecule has 3 aromatic heterocycles. The number of furan rings is 1. The Morgan fingerprint density at radius 3 is 2.72 bits per heavy atom. The Morgan fingerprint density at radius 1 is 1.16 bits per heavy atom. The Hall–Kier alpha value is -3.60. The topological polar surface area (TPSA) is 121 Å². The molecule has 0 radical (unpaired) electrons. The quantitative estimate of drug-likeness (QED) is 0.399. The van der Waals surface area contributed by atoms with E-state index in [2.05, 4.69) is 25.1 Å². The molecule has 3 heterocycles. The Balaban J connectivity index is 1.70. The van der Waals surface area contributed by atoms with Gasteiger partial charge in [-0.2, -0.15) is 15.0 Å². The van der Waals surface area contributed by atoms with E-state index in [4.69, 9.17) is 14.9 Å². The average molecular weight is 453 g/mol. The van der Waals surface area contributed by atoms with Gasteiger partial charge < -0.3 is 19.8 Å². The van der Waals surface area contributed by atoms with Gasteiger partial charge in [0.15, 0.2) is 11.0 Å². The van der Waals surface area contributed by atoms with E-state index >= 15 is 0 Å². The van der Waals surface area contributed by atoms with E-state index in [1.807, 2.05) is 62.0 Å². The number of hydrogen-bond acceptors (Lipinski definition) is 10. The predicted octanol–water partition coefficient (Wildman–Crippen LogP) is 3.28. The average Bonchev–Trinajstić information content (AvgIpc) is 3.44. The van der Waals surface area contributed by atoms with E-state index in [1.165, 1.54) is 11.8 Å². The van der Waals surface area contributed by atoms with Crippen molar-refractivity contribution in [1.29, 1.82) is 0 Å². The standard InChI is InChI=1S/C21H24N8O2S/c1-13(17-23-19(22)25-20(24-17)28(2)3)32-21-27-26-18(14-7-5-8-15(11-14)30-4)29(21)12-16-9-6-10-31-16/h5-11,13H,12H2,1-4H3,(H2,22,23,24,25). The van der Waals surface area contributed by atoms with Crippen LogP contribution < -0.4 is 15.4 Å². The monoisotopic (exact) mass is 452 g/mol. The molecule has 1 aromatic carbocycles. The molecule has 0 saturated carbocycles. The molecule has 0 bridgehead atoms. The summed E-state index contributed by atoms with van der Waals surface area (Å²) in [6, 6.07) is 11.5. The van der Waals surface area contributed by atoms with Gasteiger partial charge in [-0.3, -0.25) is 4.57 Å². The second-order valence-electron chi connectivity index (χ2n) is 7.21. The number of nitrogens with zero attached hydrogens (tertiary/aromatic N) is 7. The van der Waals surface area contributed by atoms with Crippen molar-refractivity contribution in [2.45, 2.75) is 23.9 Å². The SMILES string of the molecule is COc1cccc(-c2nnc(SC(C)c3nc(N)nc(N(C)C)n3)n2Cc2ccco2)c1. The van der Waals surface area contributed by atoms with Crippen LogP contribution in [0.25, 0.3) is 11.4 Å². The molecule has 2 N–H and O–H groups in total. The van der Waals surface area contributed by atoms with Gasteiger partial charge in [0.25, 0.3) is 0 Å². The van der Waals surface area contributed by atoms with E-state index in [1.54, 1.807) is 18.3 Å². The Labute approximate surface area is 189 Å². The van der Waals surface area contributed by atoms with Crippen molar-refractivity contribution in [1.82, 2.24) is 29.7 Å². The molecule has 32 heavy (non-hydrogen) atoms. The Bertz CT molecular complexity index is 1190. The molecule has 0 aliphatic heterocycles. The summed E-state index contributed by atoms with van der Waals surface area (Å²) < 4.78 is 13.0. The van der Waals surface area contributed by atoms with Crippen LogP contribution in [0.15, 0.2) is 52.2 Å². The van der Waals surface area contributed by atoms with Crippen LogP contribution >= 0.6 is 11.8 Å². The summed E-state index contributed by atoms with van der Waals surface area (Å²) in [7, 11) is 5.35. The second kappa shape index (κ2) is 9.27. The molecule has 0 saturated heterocycles. The number of anilines is 2. The first-order chi connectivity index (χ1) is 15.4. The minimum atomic E-state index is -0.142. The summed E-state index contributed by atoms with van der Waals surface area (Å²) in [5.41, 5.74) is 6.79. The van der Waals surface area contributed by atoms with Crippen LogP contribution in [0, 0.1) is 0 Å². The van der Waals surface area contributed by atoms with Crippen LogP contribution in [-0.2, 0) is 6.54 Å². The van der Waals surface area contributed by atoms with Crippen molar-refractivity contribution in [3.05, 3.63) is 54.2 Å². The fraction of sp³-hybridized carbons (Fsp3) is 0.286. The van der Waals surface area contributed by atoms with Gasteiger partial charge in [0.05, 0.1) is 25.2 Å². The van der Waals surface area contributed by atoms with Gasteiger partial charge in [-0.15, -0.1) is 10.2 Å². The summed E-state index contributed by atoms with van der Waals surface area (Å²) >= 11 is 1.49. The van der Waals surface area contributed by atoms with Gasteiger partial charge in [-0.1, -0.05) is 23.9 Å². The van der Waals surface area contributed by atoms with Crippen molar-refractivity contribution in [2.75, 3.05) is 31.8 Å². The second-order valence-corrected chi connectivity index (χ2v) is 8.52. The molecular weight excluding hydrogens is 428 g/mol. The van der Waals surface area contributed by atoms with Crippen molar-refractivity contribution < 1.29 is 9.15 Å².